The molecule has 0 atom stereocenters. The average Bonchev–Trinajstić information content (AvgIpc) is 2.34. The molecule has 0 fully saturated rings. The summed E-state index contributed by atoms with van der Waals surface area (Å²) in [5.41, 5.74) is 6.41. The Morgan fingerprint density at radius 2 is 1.72 bits per heavy atom. The van der Waals surface area contributed by atoms with Gasteiger partial charge in [-0.3, -0.25) is 0 Å². The lowest BCUT2D eigenvalue weighted by molar-refractivity contribution is 1.13. The molecule has 0 aliphatic rings. The van der Waals surface area contributed by atoms with E-state index in [1.165, 1.54) is 22.3 Å². The molecule has 0 saturated heterocycles. The highest BCUT2D eigenvalue weighted by Gasteiger charge is 2.01. The third-order valence-corrected chi connectivity index (χ3v) is 3.87. The summed E-state index contributed by atoms with van der Waals surface area (Å²) in [5.74, 6) is 0. The van der Waals surface area contributed by atoms with Crippen LogP contribution in [0.15, 0.2) is 40.9 Å². The third-order valence-electron chi connectivity index (χ3n) is 3.18. The number of nitrogens with one attached hydrogen (secondary N) is 1. The molecule has 0 spiro atoms. The third kappa shape index (κ3) is 3.14. The van der Waals surface area contributed by atoms with E-state index in [9.17, 15) is 0 Å². The molecule has 1 N–H and O–H groups in total. The van der Waals surface area contributed by atoms with E-state index in [2.05, 4.69) is 78.4 Å². The summed E-state index contributed by atoms with van der Waals surface area (Å²) in [7, 11) is 0. The first-order valence-corrected chi connectivity index (χ1v) is 6.92. The zero-order chi connectivity index (χ0) is 13.1. The van der Waals surface area contributed by atoms with E-state index < -0.39 is 0 Å². The molecule has 0 unspecified atom stereocenters. The van der Waals surface area contributed by atoms with Crippen molar-refractivity contribution < 1.29 is 0 Å². The van der Waals surface area contributed by atoms with Crippen LogP contribution in [0.3, 0.4) is 0 Å². The summed E-state index contributed by atoms with van der Waals surface area (Å²) in [6.45, 7) is 7.25. The largest absolute Gasteiger partial charge is 0.380 e. The van der Waals surface area contributed by atoms with E-state index in [-0.39, 0.29) is 0 Å². The quantitative estimate of drug-likeness (QED) is 0.842. The minimum atomic E-state index is 0.850. The molecule has 0 amide bonds. The molecular weight excluding hydrogens is 286 g/mol. The van der Waals surface area contributed by atoms with Crippen LogP contribution < -0.4 is 5.32 Å². The van der Waals surface area contributed by atoms with Crippen LogP contribution in [-0.2, 0) is 6.54 Å². The molecule has 0 aliphatic carbocycles. The summed E-state index contributed by atoms with van der Waals surface area (Å²) in [6.07, 6.45) is 0. The van der Waals surface area contributed by atoms with E-state index in [4.69, 9.17) is 0 Å². The predicted molar refractivity (Wildman–Crippen MR) is 82.1 cm³/mol. The van der Waals surface area contributed by atoms with Gasteiger partial charge in [-0.25, -0.2) is 0 Å². The Kier molecular flexibility index (Phi) is 4.07. The van der Waals surface area contributed by atoms with Crippen LogP contribution in [0.25, 0.3) is 0 Å². The van der Waals surface area contributed by atoms with Crippen LogP contribution in [0, 0.1) is 20.8 Å². The van der Waals surface area contributed by atoms with Gasteiger partial charge in [0, 0.05) is 16.7 Å². The van der Waals surface area contributed by atoms with Crippen LogP contribution in [0.4, 0.5) is 5.69 Å². The Hall–Kier alpha value is -1.28. The fourth-order valence-corrected chi connectivity index (χ4v) is 2.27. The van der Waals surface area contributed by atoms with Crippen LogP contribution in [0.1, 0.15) is 22.3 Å². The molecule has 0 aliphatic heterocycles. The normalized spacial score (nSPS) is 10.4. The van der Waals surface area contributed by atoms with E-state index in [1.54, 1.807) is 0 Å². The van der Waals surface area contributed by atoms with Crippen LogP contribution >= 0.6 is 15.9 Å². The second-order valence-electron chi connectivity index (χ2n) is 4.76. The van der Waals surface area contributed by atoms with Crippen LogP contribution in [-0.4, -0.2) is 0 Å². The highest BCUT2D eigenvalue weighted by atomic mass is 79.9. The van der Waals surface area contributed by atoms with Gasteiger partial charge in [0.05, 0.1) is 0 Å². The fourth-order valence-electron chi connectivity index (χ4n) is 1.89. The van der Waals surface area contributed by atoms with Gasteiger partial charge in [0.15, 0.2) is 0 Å². The van der Waals surface area contributed by atoms with Crippen molar-refractivity contribution in [2.24, 2.45) is 0 Å². The van der Waals surface area contributed by atoms with Gasteiger partial charge >= 0.3 is 0 Å². The molecule has 2 aromatic rings. The van der Waals surface area contributed by atoms with Crippen molar-refractivity contribution in [1.29, 1.82) is 0 Å². The summed E-state index contributed by atoms with van der Waals surface area (Å²) in [5, 5.41) is 3.47. The molecule has 1 nitrogen and oxygen atoms in total. The van der Waals surface area contributed by atoms with E-state index >= 15 is 0 Å². The Balaban J connectivity index is 2.11. The SMILES string of the molecule is Cc1ccc(Br)c(NCc2ccc(C)c(C)c2)c1. The molecular formula is C16H18BrN. The fraction of sp³-hybridized carbons (Fsp3) is 0.250. The van der Waals surface area contributed by atoms with Gasteiger partial charge in [-0.2, -0.15) is 0 Å². The van der Waals surface area contributed by atoms with Gasteiger partial charge in [-0.1, -0.05) is 24.3 Å². The van der Waals surface area contributed by atoms with Gasteiger partial charge in [0.25, 0.3) is 0 Å². The molecule has 2 rings (SSSR count). The van der Waals surface area contributed by atoms with Crippen molar-refractivity contribution in [2.45, 2.75) is 27.3 Å². The van der Waals surface area contributed by atoms with E-state index in [1.807, 2.05) is 0 Å². The van der Waals surface area contributed by atoms with E-state index in [0.717, 1.165) is 16.7 Å². The van der Waals surface area contributed by atoms with Gasteiger partial charge < -0.3 is 5.32 Å². The highest BCUT2D eigenvalue weighted by Crippen LogP contribution is 2.24. The number of anilines is 1. The molecule has 0 saturated carbocycles. The first-order valence-electron chi connectivity index (χ1n) is 6.12. The lowest BCUT2D eigenvalue weighted by Crippen LogP contribution is -2.01. The zero-order valence-electron chi connectivity index (χ0n) is 11.0. The lowest BCUT2D eigenvalue weighted by Gasteiger charge is -2.11. The average molecular weight is 304 g/mol. The number of benzene rings is 2. The van der Waals surface area contributed by atoms with Gasteiger partial charge in [-0.05, 0) is 71.1 Å². The van der Waals surface area contributed by atoms with Gasteiger partial charge in [-0.15, -0.1) is 0 Å². The number of hydrogen-bond donors (Lipinski definition) is 1. The maximum Gasteiger partial charge on any atom is 0.0489 e. The van der Waals surface area contributed by atoms with E-state index in [0.29, 0.717) is 0 Å². The molecule has 0 radical (unpaired) electrons. The van der Waals surface area contributed by atoms with Crippen LogP contribution in [0.2, 0.25) is 0 Å². The van der Waals surface area contributed by atoms with Crippen LogP contribution in [0.5, 0.6) is 0 Å². The van der Waals surface area contributed by atoms with Crippen molar-refractivity contribution in [3.8, 4) is 0 Å². The monoisotopic (exact) mass is 303 g/mol. The molecule has 0 heterocycles. The van der Waals surface area contributed by atoms with Crippen molar-refractivity contribution in [3.63, 3.8) is 0 Å². The maximum atomic E-state index is 3.57. The summed E-state index contributed by atoms with van der Waals surface area (Å²) >= 11 is 3.57. The minimum absolute atomic E-state index is 0.850. The smallest absolute Gasteiger partial charge is 0.0489 e. The van der Waals surface area contributed by atoms with Crippen molar-refractivity contribution in [3.05, 3.63) is 63.1 Å². The van der Waals surface area contributed by atoms with Crippen molar-refractivity contribution >= 4 is 21.6 Å². The molecule has 0 aromatic heterocycles. The van der Waals surface area contributed by atoms with Crippen molar-refractivity contribution in [1.82, 2.24) is 0 Å². The molecule has 2 heteroatoms. The molecule has 18 heavy (non-hydrogen) atoms. The molecule has 0 bridgehead atoms. The minimum Gasteiger partial charge on any atom is -0.380 e. The molecule has 94 valence electrons. The van der Waals surface area contributed by atoms with Gasteiger partial charge in [0.1, 0.15) is 0 Å². The number of hydrogen-bond acceptors (Lipinski definition) is 1. The predicted octanol–water partition coefficient (Wildman–Crippen LogP) is 4.99. The zero-order valence-corrected chi connectivity index (χ0v) is 12.6. The second-order valence-corrected chi connectivity index (χ2v) is 5.61. The topological polar surface area (TPSA) is 12.0 Å². The van der Waals surface area contributed by atoms with Gasteiger partial charge in [0.2, 0.25) is 0 Å². The first kappa shape index (κ1) is 13.2. The number of halogens is 1. The Bertz CT molecular complexity index is 561. The highest BCUT2D eigenvalue weighted by molar-refractivity contribution is 9.10. The second kappa shape index (κ2) is 5.57. The maximum absolute atomic E-state index is 3.57. The van der Waals surface area contributed by atoms with Crippen molar-refractivity contribution in [2.75, 3.05) is 5.32 Å². The summed E-state index contributed by atoms with van der Waals surface area (Å²) < 4.78 is 1.11. The standard InChI is InChI=1S/C16H18BrN/c1-11-4-7-15(17)16(8-11)18-10-14-6-5-12(2)13(3)9-14/h4-9,18H,10H2,1-3H3. The number of aryl methyl sites for hydroxylation is 3. The first-order chi connectivity index (χ1) is 8.56. The molecule has 2 aromatic carbocycles. The Morgan fingerprint density at radius 3 is 2.44 bits per heavy atom. The Labute approximate surface area is 117 Å². The lowest BCUT2D eigenvalue weighted by atomic mass is 10.1. The number of rotatable bonds is 3. The summed E-state index contributed by atoms with van der Waals surface area (Å²) in [4.78, 5) is 0. The Morgan fingerprint density at radius 1 is 0.944 bits per heavy atom. The summed E-state index contributed by atoms with van der Waals surface area (Å²) in [6, 6.07) is 12.9.